The summed E-state index contributed by atoms with van der Waals surface area (Å²) in [6.45, 7) is 6.00. The summed E-state index contributed by atoms with van der Waals surface area (Å²) in [5.74, 6) is 0.567. The molecule has 1 aliphatic carbocycles. The molecule has 0 radical (unpaired) electrons. The van der Waals surface area contributed by atoms with Gasteiger partial charge in [0.1, 0.15) is 18.0 Å². The molecule has 1 atom stereocenters. The van der Waals surface area contributed by atoms with Crippen LogP contribution in [0.2, 0.25) is 0 Å². The van der Waals surface area contributed by atoms with Crippen molar-refractivity contribution in [2.75, 3.05) is 52.6 Å². The third-order valence-electron chi connectivity index (χ3n) is 12.6. The summed E-state index contributed by atoms with van der Waals surface area (Å²) in [4.78, 5) is 67.5. The van der Waals surface area contributed by atoms with Gasteiger partial charge in [0.25, 0.3) is 0 Å². The molecule has 4 fully saturated rings. The van der Waals surface area contributed by atoms with E-state index in [9.17, 15) is 19.2 Å². The van der Waals surface area contributed by atoms with Crippen LogP contribution in [0, 0.1) is 5.92 Å². The van der Waals surface area contributed by atoms with Crippen LogP contribution in [0.1, 0.15) is 93.0 Å². The number of aryl methyl sites for hydroxylation is 2. The minimum atomic E-state index is -0.694. The maximum atomic E-state index is 13.0. The number of nitrogens with one attached hydrogen (secondary N) is 2. The molecule has 3 aliphatic heterocycles. The number of imidazole rings is 1. The Balaban J connectivity index is 0.735. The maximum Gasteiger partial charge on any atom is 0.329 e. The lowest BCUT2D eigenvalue weighted by molar-refractivity contribution is -0.136. The number of hydrogen-bond donors (Lipinski definition) is 2. The van der Waals surface area contributed by atoms with E-state index >= 15 is 0 Å². The third-order valence-corrected chi connectivity index (χ3v) is 12.6. The second-order valence-corrected chi connectivity index (χ2v) is 15.9. The Morgan fingerprint density at radius 3 is 2.53 bits per heavy atom. The molecule has 4 aromatic rings. The summed E-state index contributed by atoms with van der Waals surface area (Å²) in [7, 11) is 1.70. The molecule has 6 heterocycles. The molecule has 3 amide bonds. The number of aromatic amines is 1. The predicted molar refractivity (Wildman–Crippen MR) is 207 cm³/mol. The molecular formula is C41H54N8O6. The number of imide groups is 1. The number of hydrogen-bond acceptors (Lipinski definition) is 9. The number of aromatic nitrogens is 5. The summed E-state index contributed by atoms with van der Waals surface area (Å²) in [6, 6.07) is 5.73. The van der Waals surface area contributed by atoms with Crippen molar-refractivity contribution in [3.8, 4) is 0 Å². The Hall–Kier alpha value is -4.40. The Bertz CT molecular complexity index is 2070. The molecule has 3 aromatic heterocycles. The largest absolute Gasteiger partial charge is 0.381 e. The van der Waals surface area contributed by atoms with Gasteiger partial charge in [0, 0.05) is 77.1 Å². The molecule has 14 nitrogen and oxygen atoms in total. The maximum absolute atomic E-state index is 13.0. The van der Waals surface area contributed by atoms with E-state index in [1.54, 1.807) is 17.9 Å². The van der Waals surface area contributed by atoms with Gasteiger partial charge in [0.2, 0.25) is 17.7 Å². The minimum Gasteiger partial charge on any atom is -0.381 e. The fourth-order valence-electron chi connectivity index (χ4n) is 9.45. The topological polar surface area (TPSA) is 157 Å². The van der Waals surface area contributed by atoms with Gasteiger partial charge in [-0.1, -0.05) is 6.07 Å². The van der Waals surface area contributed by atoms with Crippen LogP contribution >= 0.6 is 0 Å². The van der Waals surface area contributed by atoms with E-state index in [1.165, 1.54) is 46.9 Å². The highest BCUT2D eigenvalue weighted by Gasteiger charge is 2.32. The number of carbonyl (C=O) groups excluding carboxylic acids is 3. The molecule has 0 bridgehead atoms. The van der Waals surface area contributed by atoms with Crippen LogP contribution in [0.25, 0.3) is 22.1 Å². The highest BCUT2D eigenvalue weighted by molar-refractivity contribution is 6.00. The van der Waals surface area contributed by atoms with Crippen molar-refractivity contribution in [2.24, 2.45) is 13.0 Å². The van der Waals surface area contributed by atoms with Gasteiger partial charge >= 0.3 is 5.69 Å². The zero-order valence-electron chi connectivity index (χ0n) is 32.0. The fourth-order valence-corrected chi connectivity index (χ4v) is 9.45. The monoisotopic (exact) mass is 754 g/mol. The van der Waals surface area contributed by atoms with Crippen molar-refractivity contribution >= 4 is 39.8 Å². The van der Waals surface area contributed by atoms with Crippen molar-refractivity contribution in [3.63, 3.8) is 0 Å². The summed E-state index contributed by atoms with van der Waals surface area (Å²) in [6.07, 6.45) is 14.2. The van der Waals surface area contributed by atoms with E-state index in [0.717, 1.165) is 88.2 Å². The second kappa shape index (κ2) is 16.8. The number of H-pyrrole nitrogens is 1. The lowest BCUT2D eigenvalue weighted by Crippen LogP contribution is -2.52. The van der Waals surface area contributed by atoms with Gasteiger partial charge in [-0.15, -0.1) is 0 Å². The number of ether oxygens (including phenoxy) is 2. The molecular weight excluding hydrogens is 701 g/mol. The standard InChI is InChI=1S/C41H54N8O6/c1-46-35-24-27(6-9-33(35)49(41(46)53)34-10-11-36(50)45-40(34)52)3-2-19-54-22-14-37(51)48-17-15-47(16-18-48)30-7-4-28(5-8-30)23-32-38-31(29-12-20-55-21-13-29)25-42-39(38)44-26-43-32/h6,9,24-26,28-30,34H,2-5,7-8,10-23H2,1H3,(H,42,43,44)(H,45,50,52). The van der Waals surface area contributed by atoms with Crippen LogP contribution in [0.3, 0.4) is 0 Å². The van der Waals surface area contributed by atoms with E-state index in [2.05, 4.69) is 26.4 Å². The molecule has 2 N–H and O–H groups in total. The first-order valence-corrected chi connectivity index (χ1v) is 20.4. The number of benzene rings is 1. The lowest BCUT2D eigenvalue weighted by atomic mass is 9.81. The number of nitrogens with zero attached hydrogens (tertiary/aromatic N) is 6. The molecule has 14 heteroatoms. The highest BCUT2D eigenvalue weighted by Crippen LogP contribution is 2.36. The minimum absolute atomic E-state index is 0.163. The first kappa shape index (κ1) is 37.5. The zero-order chi connectivity index (χ0) is 37.9. The van der Waals surface area contributed by atoms with Crippen molar-refractivity contribution in [1.29, 1.82) is 0 Å². The van der Waals surface area contributed by atoms with Gasteiger partial charge < -0.3 is 19.4 Å². The SMILES string of the molecule is Cn1c(=O)n(C2CCC(=O)NC2=O)c2ccc(CCCOCCC(=O)N3CCN(C4CCC(Cc5ncnc6[nH]cc(C7CCOCC7)c56)CC4)CC3)cc21. The van der Waals surface area contributed by atoms with Crippen molar-refractivity contribution in [3.05, 3.63) is 58.0 Å². The van der Waals surface area contributed by atoms with Crippen LogP contribution in [0.15, 0.2) is 35.5 Å². The summed E-state index contributed by atoms with van der Waals surface area (Å²) in [5, 5.41) is 3.59. The Kier molecular flexibility index (Phi) is 11.4. The second-order valence-electron chi connectivity index (χ2n) is 15.9. The van der Waals surface area contributed by atoms with Crippen LogP contribution in [0.5, 0.6) is 0 Å². The van der Waals surface area contributed by atoms with Gasteiger partial charge in [-0.25, -0.2) is 14.8 Å². The average Bonchev–Trinajstić information content (AvgIpc) is 3.75. The number of amides is 3. The number of rotatable bonds is 12. The smallest absolute Gasteiger partial charge is 0.329 e. The van der Waals surface area contributed by atoms with E-state index in [1.807, 2.05) is 23.1 Å². The first-order chi connectivity index (χ1) is 26.8. The number of carbonyl (C=O) groups is 3. The van der Waals surface area contributed by atoms with Crippen molar-refractivity contribution in [2.45, 2.75) is 95.1 Å². The Morgan fingerprint density at radius 2 is 1.75 bits per heavy atom. The molecule has 1 unspecified atom stereocenters. The van der Waals surface area contributed by atoms with Crippen molar-refractivity contribution < 1.29 is 23.9 Å². The number of piperazine rings is 1. The highest BCUT2D eigenvalue weighted by atomic mass is 16.5. The molecule has 3 saturated heterocycles. The van der Waals surface area contributed by atoms with Crippen LogP contribution in [0.4, 0.5) is 0 Å². The Labute approximate surface area is 320 Å². The zero-order valence-corrected chi connectivity index (χ0v) is 32.0. The van der Waals surface area contributed by atoms with Gasteiger partial charge in [-0.05, 0) is 99.3 Å². The van der Waals surface area contributed by atoms with Crippen LogP contribution < -0.4 is 11.0 Å². The van der Waals surface area contributed by atoms with E-state index in [-0.39, 0.29) is 23.9 Å². The molecule has 0 spiro atoms. The number of fused-ring (bicyclic) bond motifs is 2. The van der Waals surface area contributed by atoms with Gasteiger partial charge in [0.15, 0.2) is 0 Å². The molecule has 294 valence electrons. The molecule has 8 rings (SSSR count). The Morgan fingerprint density at radius 1 is 0.945 bits per heavy atom. The van der Waals surface area contributed by atoms with Gasteiger partial charge in [-0.3, -0.25) is 33.7 Å². The molecule has 1 aromatic carbocycles. The average molecular weight is 755 g/mol. The molecule has 55 heavy (non-hydrogen) atoms. The fraction of sp³-hybridized carbons (Fsp3) is 0.610. The van der Waals surface area contributed by atoms with Gasteiger partial charge in [0.05, 0.1) is 29.8 Å². The third kappa shape index (κ3) is 8.13. The lowest BCUT2D eigenvalue weighted by Gasteiger charge is -2.42. The normalized spacial score (nSPS) is 23.1. The summed E-state index contributed by atoms with van der Waals surface area (Å²) < 4.78 is 14.5. The molecule has 1 saturated carbocycles. The van der Waals surface area contributed by atoms with E-state index in [0.29, 0.717) is 49.4 Å². The quantitative estimate of drug-likeness (QED) is 0.162. The van der Waals surface area contributed by atoms with E-state index < -0.39 is 11.9 Å². The van der Waals surface area contributed by atoms with Crippen LogP contribution in [-0.4, -0.2) is 110 Å². The first-order valence-electron chi connectivity index (χ1n) is 20.4. The molecule has 4 aliphatic rings. The van der Waals surface area contributed by atoms with E-state index in [4.69, 9.17) is 14.5 Å². The van der Waals surface area contributed by atoms with Gasteiger partial charge in [-0.2, -0.15) is 0 Å². The summed E-state index contributed by atoms with van der Waals surface area (Å²) >= 11 is 0. The predicted octanol–water partition coefficient (Wildman–Crippen LogP) is 3.77. The summed E-state index contributed by atoms with van der Waals surface area (Å²) in [5.41, 5.74) is 5.75. The van der Waals surface area contributed by atoms with Crippen LogP contribution in [-0.2, 0) is 43.7 Å². The van der Waals surface area contributed by atoms with Crippen molar-refractivity contribution in [1.82, 2.24) is 39.2 Å². The number of piperidine rings is 1.